The maximum Gasteiger partial charge on any atom is 0.221 e. The van der Waals surface area contributed by atoms with Gasteiger partial charge in [0.25, 0.3) is 0 Å². The number of carbonyl (C=O) groups excluding carboxylic acids is 1. The van der Waals surface area contributed by atoms with Gasteiger partial charge in [-0.25, -0.2) is 0 Å². The molecule has 0 aromatic carbocycles. The van der Waals surface area contributed by atoms with Crippen molar-refractivity contribution in [1.29, 1.82) is 0 Å². The van der Waals surface area contributed by atoms with Gasteiger partial charge in [-0.05, 0) is 31.4 Å². The maximum atomic E-state index is 11.3. The Balaban J connectivity index is 1.44. The summed E-state index contributed by atoms with van der Waals surface area (Å²) in [4.78, 5) is 11.3. The summed E-state index contributed by atoms with van der Waals surface area (Å²) in [5.41, 5.74) is 0. The number of nitrogens with one attached hydrogen (secondary N) is 2. The minimum Gasteiger partial charge on any atom is -0.353 e. The summed E-state index contributed by atoms with van der Waals surface area (Å²) < 4.78 is 0. The molecule has 0 bridgehead atoms. The van der Waals surface area contributed by atoms with Crippen molar-refractivity contribution in [3.8, 4) is 0 Å². The molecular weight excluding hydrogens is 208 g/mol. The van der Waals surface area contributed by atoms with E-state index < -0.39 is 0 Å². The zero-order valence-corrected chi connectivity index (χ0v) is 9.94. The van der Waals surface area contributed by atoms with Crippen LogP contribution in [0.4, 0.5) is 0 Å². The average Bonchev–Trinajstić information content (AvgIpc) is 2.87. The van der Waals surface area contributed by atoms with Gasteiger partial charge in [0.05, 0.1) is 0 Å². The lowest BCUT2D eigenvalue weighted by Gasteiger charge is -2.09. The van der Waals surface area contributed by atoms with Gasteiger partial charge in [0.2, 0.25) is 5.91 Å². The maximum absolute atomic E-state index is 11.3. The lowest BCUT2D eigenvalue weighted by atomic mass is 10.2. The fourth-order valence-corrected chi connectivity index (χ4v) is 3.03. The highest BCUT2D eigenvalue weighted by Crippen LogP contribution is 2.25. The Labute approximate surface area is 95.8 Å². The minimum absolute atomic E-state index is 0.212. The molecule has 1 amide bonds. The number of hydrogen-bond acceptors (Lipinski definition) is 3. The summed E-state index contributed by atoms with van der Waals surface area (Å²) in [6.45, 7) is 1.90. The first kappa shape index (κ1) is 11.3. The van der Waals surface area contributed by atoms with Crippen molar-refractivity contribution in [2.45, 2.75) is 43.4 Å². The second kappa shape index (κ2) is 5.75. The van der Waals surface area contributed by atoms with Gasteiger partial charge >= 0.3 is 0 Å². The molecular formula is C11H20N2OS. The molecule has 1 aliphatic heterocycles. The van der Waals surface area contributed by atoms with E-state index in [1.54, 1.807) is 0 Å². The summed E-state index contributed by atoms with van der Waals surface area (Å²) in [5.74, 6) is 1.53. The molecule has 86 valence electrons. The van der Waals surface area contributed by atoms with E-state index in [0.717, 1.165) is 18.3 Å². The van der Waals surface area contributed by atoms with Crippen LogP contribution in [0.1, 0.15) is 32.1 Å². The van der Waals surface area contributed by atoms with Gasteiger partial charge in [-0.2, -0.15) is 11.8 Å². The van der Waals surface area contributed by atoms with Crippen molar-refractivity contribution in [3.05, 3.63) is 0 Å². The fourth-order valence-electron chi connectivity index (χ4n) is 1.80. The summed E-state index contributed by atoms with van der Waals surface area (Å²) in [6, 6.07) is 0.503. The second-order valence-corrected chi connectivity index (χ2v) is 5.84. The second-order valence-electron chi connectivity index (χ2n) is 4.43. The van der Waals surface area contributed by atoms with Gasteiger partial charge in [0.1, 0.15) is 0 Å². The zero-order valence-electron chi connectivity index (χ0n) is 9.13. The van der Waals surface area contributed by atoms with Crippen LogP contribution in [0, 0.1) is 0 Å². The third-order valence-electron chi connectivity index (χ3n) is 2.87. The molecule has 1 heterocycles. The van der Waals surface area contributed by atoms with E-state index in [2.05, 4.69) is 22.4 Å². The Morgan fingerprint density at radius 2 is 2.20 bits per heavy atom. The first-order chi connectivity index (χ1) is 7.34. The van der Waals surface area contributed by atoms with Gasteiger partial charge in [0, 0.05) is 30.8 Å². The molecule has 0 spiro atoms. The van der Waals surface area contributed by atoms with Crippen LogP contribution < -0.4 is 10.6 Å². The van der Waals surface area contributed by atoms with Gasteiger partial charge in [0.15, 0.2) is 0 Å². The molecule has 0 radical (unpaired) electrons. The standard InChI is InChI=1S/C11H20N2OS/c14-11(13-9-3-4-9)5-6-12-8-10-2-1-7-15-10/h9-10,12H,1-8H2,(H,13,14). The molecule has 2 aliphatic rings. The third-order valence-corrected chi connectivity index (χ3v) is 4.27. The molecule has 1 aliphatic carbocycles. The van der Waals surface area contributed by atoms with Crippen molar-refractivity contribution in [2.75, 3.05) is 18.8 Å². The monoisotopic (exact) mass is 228 g/mol. The third kappa shape index (κ3) is 4.43. The average molecular weight is 228 g/mol. The van der Waals surface area contributed by atoms with Crippen molar-refractivity contribution in [3.63, 3.8) is 0 Å². The van der Waals surface area contributed by atoms with E-state index in [-0.39, 0.29) is 5.91 Å². The number of carbonyl (C=O) groups is 1. The first-order valence-electron chi connectivity index (χ1n) is 5.96. The van der Waals surface area contributed by atoms with Gasteiger partial charge in [-0.1, -0.05) is 0 Å². The molecule has 0 aromatic rings. The SMILES string of the molecule is O=C(CCNCC1CCCS1)NC1CC1. The highest BCUT2D eigenvalue weighted by atomic mass is 32.2. The van der Waals surface area contributed by atoms with Crippen molar-refractivity contribution >= 4 is 17.7 Å². The smallest absolute Gasteiger partial charge is 0.221 e. The fraction of sp³-hybridized carbons (Fsp3) is 0.909. The van der Waals surface area contributed by atoms with Crippen LogP contribution in [0.5, 0.6) is 0 Å². The Morgan fingerprint density at radius 3 is 2.87 bits per heavy atom. The number of amides is 1. The Hall–Kier alpha value is -0.220. The highest BCUT2D eigenvalue weighted by molar-refractivity contribution is 8.00. The summed E-state index contributed by atoms with van der Waals surface area (Å²) in [5, 5.41) is 7.16. The van der Waals surface area contributed by atoms with Crippen LogP contribution >= 0.6 is 11.8 Å². The van der Waals surface area contributed by atoms with Crippen molar-refractivity contribution in [1.82, 2.24) is 10.6 Å². The lowest BCUT2D eigenvalue weighted by molar-refractivity contribution is -0.121. The van der Waals surface area contributed by atoms with E-state index in [1.165, 1.54) is 31.4 Å². The van der Waals surface area contributed by atoms with E-state index in [4.69, 9.17) is 0 Å². The van der Waals surface area contributed by atoms with Crippen LogP contribution in [0.25, 0.3) is 0 Å². The summed E-state index contributed by atoms with van der Waals surface area (Å²) in [6.07, 6.45) is 5.69. The largest absolute Gasteiger partial charge is 0.353 e. The predicted octanol–water partition coefficient (Wildman–Crippen LogP) is 1.14. The van der Waals surface area contributed by atoms with Crippen LogP contribution in [-0.2, 0) is 4.79 Å². The molecule has 15 heavy (non-hydrogen) atoms. The van der Waals surface area contributed by atoms with E-state index in [0.29, 0.717) is 12.5 Å². The zero-order chi connectivity index (χ0) is 10.5. The van der Waals surface area contributed by atoms with Crippen LogP contribution in [0.3, 0.4) is 0 Å². The lowest BCUT2D eigenvalue weighted by Crippen LogP contribution is -2.31. The number of hydrogen-bond donors (Lipinski definition) is 2. The van der Waals surface area contributed by atoms with Crippen molar-refractivity contribution in [2.24, 2.45) is 0 Å². The normalized spacial score (nSPS) is 25.5. The summed E-state index contributed by atoms with van der Waals surface area (Å²) in [7, 11) is 0. The minimum atomic E-state index is 0.212. The number of thioether (sulfide) groups is 1. The molecule has 1 saturated heterocycles. The van der Waals surface area contributed by atoms with Gasteiger partial charge < -0.3 is 10.6 Å². The van der Waals surface area contributed by atoms with Gasteiger partial charge in [-0.15, -0.1) is 0 Å². The number of rotatable bonds is 6. The molecule has 3 nitrogen and oxygen atoms in total. The van der Waals surface area contributed by atoms with Crippen LogP contribution in [0.2, 0.25) is 0 Å². The molecule has 0 aromatic heterocycles. The molecule has 2 rings (SSSR count). The van der Waals surface area contributed by atoms with Crippen LogP contribution in [0.15, 0.2) is 0 Å². The molecule has 1 unspecified atom stereocenters. The first-order valence-corrected chi connectivity index (χ1v) is 7.01. The van der Waals surface area contributed by atoms with E-state index in [9.17, 15) is 4.79 Å². The predicted molar refractivity (Wildman–Crippen MR) is 64.1 cm³/mol. The molecule has 1 saturated carbocycles. The molecule has 2 fully saturated rings. The molecule has 1 atom stereocenters. The van der Waals surface area contributed by atoms with E-state index in [1.807, 2.05) is 0 Å². The molecule has 2 N–H and O–H groups in total. The topological polar surface area (TPSA) is 41.1 Å². The Bertz CT molecular complexity index is 213. The Morgan fingerprint density at radius 1 is 1.33 bits per heavy atom. The highest BCUT2D eigenvalue weighted by Gasteiger charge is 2.22. The summed E-state index contributed by atoms with van der Waals surface area (Å²) >= 11 is 2.06. The van der Waals surface area contributed by atoms with Gasteiger partial charge in [-0.3, -0.25) is 4.79 Å². The van der Waals surface area contributed by atoms with Crippen molar-refractivity contribution < 1.29 is 4.79 Å². The molecule has 4 heteroatoms. The quantitative estimate of drug-likeness (QED) is 0.670. The Kier molecular flexibility index (Phi) is 4.32. The van der Waals surface area contributed by atoms with E-state index >= 15 is 0 Å². The van der Waals surface area contributed by atoms with Crippen LogP contribution in [-0.4, -0.2) is 36.0 Å².